The molecular formula is C29H38N4OS. The van der Waals surface area contributed by atoms with E-state index in [1.165, 1.54) is 38.1 Å². The number of hydrogen-bond donors (Lipinski definition) is 1. The molecule has 186 valence electrons. The first-order chi connectivity index (χ1) is 17.1. The third-order valence-corrected chi connectivity index (χ3v) is 7.10. The van der Waals surface area contributed by atoms with Crippen molar-refractivity contribution >= 4 is 34.4 Å². The Labute approximate surface area is 213 Å². The summed E-state index contributed by atoms with van der Waals surface area (Å²) in [5.74, 6) is 0. The second kappa shape index (κ2) is 13.2. The zero-order valence-electron chi connectivity index (χ0n) is 21.7. The molecule has 0 bridgehead atoms. The fourth-order valence-corrected chi connectivity index (χ4v) is 4.81. The molecule has 0 atom stereocenters. The van der Waals surface area contributed by atoms with Gasteiger partial charge in [-0.1, -0.05) is 50.6 Å². The minimum absolute atomic E-state index is 0.889. The average molecular weight is 491 g/mol. The molecule has 1 fully saturated rings. The molecule has 1 N–H and O–H groups in total. The number of hydrogen-bond acceptors (Lipinski definition) is 4. The van der Waals surface area contributed by atoms with Crippen LogP contribution in [0.15, 0.2) is 59.8 Å². The quantitative estimate of drug-likeness (QED) is 0.414. The van der Waals surface area contributed by atoms with Gasteiger partial charge < -0.3 is 14.8 Å². The summed E-state index contributed by atoms with van der Waals surface area (Å²) < 4.78 is 0. The highest BCUT2D eigenvalue weighted by Gasteiger charge is 2.13. The zero-order chi connectivity index (χ0) is 25.2. The molecule has 0 spiro atoms. The van der Waals surface area contributed by atoms with Crippen molar-refractivity contribution in [2.45, 2.75) is 40.5 Å². The molecular weight excluding hydrogens is 452 g/mol. The maximum absolute atomic E-state index is 10.2. The topological polar surface area (TPSA) is 52.2 Å². The van der Waals surface area contributed by atoms with Crippen molar-refractivity contribution < 1.29 is 4.79 Å². The van der Waals surface area contributed by atoms with Gasteiger partial charge in [0.1, 0.15) is 5.65 Å². The number of aromatic amines is 1. The molecule has 3 aromatic rings. The summed E-state index contributed by atoms with van der Waals surface area (Å²) >= 11 is 1.78. The van der Waals surface area contributed by atoms with Crippen LogP contribution in [-0.2, 0) is 4.79 Å². The van der Waals surface area contributed by atoms with Gasteiger partial charge in [0.05, 0.1) is 0 Å². The highest BCUT2D eigenvalue weighted by atomic mass is 32.1. The number of H-pyrrole nitrogens is 1. The molecule has 0 radical (unpaired) electrons. The summed E-state index contributed by atoms with van der Waals surface area (Å²) in [6.07, 6.45) is 15.8. The van der Waals surface area contributed by atoms with Gasteiger partial charge in [0.25, 0.3) is 0 Å². The Morgan fingerprint density at radius 3 is 2.49 bits per heavy atom. The largest absolute Gasteiger partial charge is 0.346 e. The highest BCUT2D eigenvalue weighted by molar-refractivity contribution is 7.10. The Kier molecular flexibility index (Phi) is 10.1. The van der Waals surface area contributed by atoms with E-state index in [1.54, 1.807) is 16.2 Å². The number of allylic oxidation sites excluding steroid dienone is 6. The molecule has 0 saturated carbocycles. The van der Waals surface area contributed by atoms with Crippen molar-refractivity contribution in [1.82, 2.24) is 19.8 Å². The summed E-state index contributed by atoms with van der Waals surface area (Å²) in [6.45, 7) is 12.2. The van der Waals surface area contributed by atoms with Gasteiger partial charge in [-0.15, -0.1) is 11.3 Å². The number of likely N-dealkylation sites (N-methyl/N-ethyl adjacent to an activating group) is 1. The predicted molar refractivity (Wildman–Crippen MR) is 151 cm³/mol. The summed E-state index contributed by atoms with van der Waals surface area (Å²) in [5.41, 5.74) is 7.46. The lowest BCUT2D eigenvalue weighted by molar-refractivity contribution is -0.119. The first-order valence-electron chi connectivity index (χ1n) is 12.5. The molecule has 1 aliphatic heterocycles. The highest BCUT2D eigenvalue weighted by Crippen LogP contribution is 2.33. The van der Waals surface area contributed by atoms with Crippen LogP contribution in [0, 0.1) is 6.92 Å². The predicted octanol–water partition coefficient (Wildman–Crippen LogP) is 6.70. The zero-order valence-corrected chi connectivity index (χ0v) is 22.5. The number of rotatable bonds is 4. The first kappa shape index (κ1) is 26.6. The number of aryl methyl sites for hydroxylation is 1. The van der Waals surface area contributed by atoms with Gasteiger partial charge in [0.15, 0.2) is 0 Å². The van der Waals surface area contributed by atoms with E-state index >= 15 is 0 Å². The number of nitrogens with zero attached hydrogens (tertiary/aromatic N) is 3. The molecule has 5 rings (SSSR count). The van der Waals surface area contributed by atoms with Crippen LogP contribution >= 0.6 is 11.3 Å². The number of pyridine rings is 1. The lowest BCUT2D eigenvalue weighted by Gasteiger charge is -2.29. The van der Waals surface area contributed by atoms with Crippen LogP contribution in [0.5, 0.6) is 0 Å². The maximum atomic E-state index is 10.2. The summed E-state index contributed by atoms with van der Waals surface area (Å²) in [4.78, 5) is 23.5. The van der Waals surface area contributed by atoms with Crippen molar-refractivity contribution in [1.29, 1.82) is 0 Å². The number of fused-ring (bicyclic) bond motifs is 1. The molecule has 3 aromatic heterocycles. The van der Waals surface area contributed by atoms with Gasteiger partial charge in [0, 0.05) is 60.0 Å². The molecule has 5 nitrogen and oxygen atoms in total. The van der Waals surface area contributed by atoms with Crippen molar-refractivity contribution in [3.05, 3.63) is 70.2 Å². The molecule has 35 heavy (non-hydrogen) atoms. The molecule has 0 aromatic carbocycles. The fourth-order valence-electron chi connectivity index (χ4n) is 4.10. The molecule has 1 amide bonds. The normalized spacial score (nSPS) is 15.9. The van der Waals surface area contributed by atoms with Crippen LogP contribution in [0.4, 0.5) is 0 Å². The average Bonchev–Trinajstić information content (AvgIpc) is 3.45. The van der Waals surface area contributed by atoms with Crippen molar-refractivity contribution in [3.8, 4) is 11.1 Å². The van der Waals surface area contributed by atoms with Crippen molar-refractivity contribution in [2.75, 3.05) is 33.2 Å². The Hall–Kier alpha value is -2.96. The second-order valence-electron chi connectivity index (χ2n) is 8.65. The number of carbonyl (C=O) groups excluding carboxylic acids is 1. The van der Waals surface area contributed by atoms with Crippen molar-refractivity contribution in [2.24, 2.45) is 0 Å². The standard InChI is InChI=1S/C21H20N2S.C6H12N2O.C2H6/c1-3-15-6-4-5-7-16(9-15)20-12-23-21-19(20)10-17(11-22-21)18-8-14(2)24-13-18;1-7-2-4-8(6-9)5-3-7;1-2/h4-8,10-13H,3,9H2,1-2H3,(H,22,23);6H,2-5H2,1H3;1-2H3. The van der Waals surface area contributed by atoms with Gasteiger partial charge in [-0.05, 0) is 55.5 Å². The number of piperazine rings is 1. The van der Waals surface area contributed by atoms with Crippen LogP contribution < -0.4 is 0 Å². The molecule has 6 heteroatoms. The molecule has 2 aliphatic rings. The molecule has 4 heterocycles. The fraction of sp³-hybridized carbons (Fsp3) is 0.379. The van der Waals surface area contributed by atoms with Gasteiger partial charge in [-0.25, -0.2) is 4.98 Å². The van der Waals surface area contributed by atoms with Gasteiger partial charge >= 0.3 is 0 Å². The molecule has 1 aliphatic carbocycles. The van der Waals surface area contributed by atoms with Crippen LogP contribution in [0.3, 0.4) is 0 Å². The third-order valence-electron chi connectivity index (χ3n) is 6.24. The van der Waals surface area contributed by atoms with Crippen LogP contribution in [0.1, 0.15) is 44.1 Å². The smallest absolute Gasteiger partial charge is 0.209 e. The number of amides is 1. The SMILES string of the molecule is CC.CCC1=CC=CC=C(c2c[nH]c3ncc(-c4csc(C)c4)cc23)C1.CN1CCN(C=O)CC1. The third kappa shape index (κ3) is 7.03. The minimum Gasteiger partial charge on any atom is -0.346 e. The monoisotopic (exact) mass is 490 g/mol. The Morgan fingerprint density at radius 2 is 1.83 bits per heavy atom. The van der Waals surface area contributed by atoms with E-state index in [-0.39, 0.29) is 0 Å². The van der Waals surface area contributed by atoms with E-state index in [9.17, 15) is 4.79 Å². The van der Waals surface area contributed by atoms with Crippen molar-refractivity contribution in [3.63, 3.8) is 0 Å². The second-order valence-corrected chi connectivity index (χ2v) is 9.76. The van der Waals surface area contributed by atoms with E-state index in [1.807, 2.05) is 20.0 Å². The Bertz CT molecular complexity index is 1190. The lowest BCUT2D eigenvalue weighted by Crippen LogP contribution is -2.43. The Morgan fingerprint density at radius 1 is 1.09 bits per heavy atom. The summed E-state index contributed by atoms with van der Waals surface area (Å²) in [7, 11) is 2.07. The van der Waals surface area contributed by atoms with E-state index in [0.29, 0.717) is 0 Å². The van der Waals surface area contributed by atoms with Crippen LogP contribution in [0.25, 0.3) is 27.7 Å². The number of carbonyl (C=O) groups is 1. The van der Waals surface area contributed by atoms with Crippen LogP contribution in [0.2, 0.25) is 0 Å². The van der Waals surface area contributed by atoms with Gasteiger partial charge in [0.2, 0.25) is 6.41 Å². The maximum Gasteiger partial charge on any atom is 0.209 e. The number of aromatic nitrogens is 2. The van der Waals surface area contributed by atoms with E-state index < -0.39 is 0 Å². The lowest BCUT2D eigenvalue weighted by atomic mass is 9.96. The van der Waals surface area contributed by atoms with Gasteiger partial charge in [-0.3, -0.25) is 4.79 Å². The van der Waals surface area contributed by atoms with Crippen LogP contribution in [-0.4, -0.2) is 59.4 Å². The molecule has 0 unspecified atom stereocenters. The van der Waals surface area contributed by atoms with E-state index in [2.05, 4.69) is 83.8 Å². The van der Waals surface area contributed by atoms with E-state index in [4.69, 9.17) is 0 Å². The number of thiophene rings is 1. The molecule has 1 saturated heterocycles. The Balaban J connectivity index is 0.000000262. The van der Waals surface area contributed by atoms with Gasteiger partial charge in [-0.2, -0.15) is 0 Å². The number of nitrogens with one attached hydrogen (secondary N) is 1. The summed E-state index contributed by atoms with van der Waals surface area (Å²) in [5, 5.41) is 3.41. The van der Waals surface area contributed by atoms with E-state index in [0.717, 1.165) is 51.1 Å². The minimum atomic E-state index is 0.889. The summed E-state index contributed by atoms with van der Waals surface area (Å²) in [6, 6.07) is 4.49. The first-order valence-corrected chi connectivity index (χ1v) is 13.4.